The minimum absolute atomic E-state index is 0.557. The highest BCUT2D eigenvalue weighted by Crippen LogP contribution is 2.33. The number of fused-ring (bicyclic) bond motifs is 1. The van der Waals surface area contributed by atoms with Crippen molar-refractivity contribution < 1.29 is 0 Å². The summed E-state index contributed by atoms with van der Waals surface area (Å²) in [5.41, 5.74) is 1.65. The number of aryl methyl sites for hydroxylation is 2. The molecule has 1 atom stereocenters. The summed E-state index contributed by atoms with van der Waals surface area (Å²) >= 11 is 2.06. The molecule has 1 heterocycles. The second kappa shape index (κ2) is 5.75. The van der Waals surface area contributed by atoms with Crippen molar-refractivity contribution in [2.24, 2.45) is 5.92 Å². The van der Waals surface area contributed by atoms with Gasteiger partial charge in [-0.05, 0) is 69.5 Å². The molecule has 0 saturated heterocycles. The topological polar surface area (TPSA) is 12.0 Å². The molecule has 0 spiro atoms. The van der Waals surface area contributed by atoms with Crippen LogP contribution in [0.25, 0.3) is 0 Å². The first kappa shape index (κ1) is 12.7. The predicted octanol–water partition coefficient (Wildman–Crippen LogP) is 4.47. The van der Waals surface area contributed by atoms with E-state index in [2.05, 4.69) is 29.6 Å². The van der Waals surface area contributed by atoms with Gasteiger partial charge in [0, 0.05) is 15.8 Å². The number of hydrogen-bond donors (Lipinski definition) is 1. The molecule has 1 saturated carbocycles. The zero-order chi connectivity index (χ0) is 12.4. The molecule has 2 heteroatoms. The summed E-state index contributed by atoms with van der Waals surface area (Å²) in [5, 5.41) is 3.76. The molecular formula is C16H25NS. The Balaban J connectivity index is 1.57. The van der Waals surface area contributed by atoms with E-state index in [-0.39, 0.29) is 0 Å². The van der Waals surface area contributed by atoms with Gasteiger partial charge in [-0.3, -0.25) is 0 Å². The predicted molar refractivity (Wildman–Crippen MR) is 79.3 cm³/mol. The van der Waals surface area contributed by atoms with Crippen molar-refractivity contribution in [2.75, 3.05) is 6.54 Å². The van der Waals surface area contributed by atoms with E-state index in [0.29, 0.717) is 6.04 Å². The molecule has 1 nitrogen and oxygen atoms in total. The van der Waals surface area contributed by atoms with E-state index in [1.165, 1.54) is 57.9 Å². The molecule has 1 aromatic rings. The first-order chi connectivity index (χ1) is 8.83. The highest BCUT2D eigenvalue weighted by atomic mass is 32.1. The van der Waals surface area contributed by atoms with E-state index in [1.807, 2.05) is 0 Å². The van der Waals surface area contributed by atoms with E-state index in [1.54, 1.807) is 15.3 Å². The van der Waals surface area contributed by atoms with Crippen molar-refractivity contribution in [1.29, 1.82) is 0 Å². The van der Waals surface area contributed by atoms with E-state index in [9.17, 15) is 0 Å². The molecular weight excluding hydrogens is 238 g/mol. The Morgan fingerprint density at radius 3 is 2.78 bits per heavy atom. The molecule has 0 amide bonds. The lowest BCUT2D eigenvalue weighted by molar-refractivity contribution is 0.455. The van der Waals surface area contributed by atoms with E-state index < -0.39 is 0 Å². The van der Waals surface area contributed by atoms with Crippen LogP contribution in [0.4, 0.5) is 0 Å². The van der Waals surface area contributed by atoms with Crippen LogP contribution in [0.15, 0.2) is 6.07 Å². The van der Waals surface area contributed by atoms with Crippen LogP contribution in [0, 0.1) is 5.92 Å². The smallest absolute Gasteiger partial charge is 0.0386 e. The number of rotatable bonds is 4. The summed E-state index contributed by atoms with van der Waals surface area (Å²) in [7, 11) is 0. The maximum atomic E-state index is 3.76. The van der Waals surface area contributed by atoms with Crippen LogP contribution < -0.4 is 5.32 Å². The van der Waals surface area contributed by atoms with Gasteiger partial charge in [-0.15, -0.1) is 11.3 Å². The minimum atomic E-state index is 0.557. The maximum absolute atomic E-state index is 3.76. The molecule has 1 aromatic heterocycles. The van der Waals surface area contributed by atoms with Gasteiger partial charge in [-0.2, -0.15) is 0 Å². The molecule has 1 N–H and O–H groups in total. The van der Waals surface area contributed by atoms with Gasteiger partial charge in [0.05, 0.1) is 0 Å². The summed E-state index contributed by atoms with van der Waals surface area (Å²) < 4.78 is 0. The van der Waals surface area contributed by atoms with Crippen molar-refractivity contribution in [3.05, 3.63) is 21.4 Å². The van der Waals surface area contributed by atoms with E-state index in [0.717, 1.165) is 5.92 Å². The molecule has 100 valence electrons. The molecule has 0 aliphatic heterocycles. The highest BCUT2D eigenvalue weighted by molar-refractivity contribution is 7.12. The van der Waals surface area contributed by atoms with Gasteiger partial charge in [-0.1, -0.05) is 12.8 Å². The normalized spacial score (nSPS) is 22.1. The molecule has 1 fully saturated rings. The first-order valence-electron chi connectivity index (χ1n) is 7.68. The van der Waals surface area contributed by atoms with Gasteiger partial charge >= 0.3 is 0 Å². The third-order valence-electron chi connectivity index (χ3n) is 4.63. The van der Waals surface area contributed by atoms with Crippen LogP contribution in [-0.2, 0) is 12.8 Å². The molecule has 0 radical (unpaired) electrons. The van der Waals surface area contributed by atoms with Crippen molar-refractivity contribution in [3.63, 3.8) is 0 Å². The van der Waals surface area contributed by atoms with Crippen LogP contribution in [0.1, 0.15) is 66.8 Å². The Morgan fingerprint density at radius 2 is 2.00 bits per heavy atom. The van der Waals surface area contributed by atoms with Crippen molar-refractivity contribution in [1.82, 2.24) is 5.32 Å². The Kier molecular flexibility index (Phi) is 4.05. The summed E-state index contributed by atoms with van der Waals surface area (Å²) in [6.45, 7) is 3.57. The lowest BCUT2D eigenvalue weighted by atomic mass is 9.99. The fourth-order valence-corrected chi connectivity index (χ4v) is 4.67. The Hall–Kier alpha value is -0.340. The molecule has 3 rings (SSSR count). The van der Waals surface area contributed by atoms with E-state index in [4.69, 9.17) is 0 Å². The number of hydrogen-bond acceptors (Lipinski definition) is 2. The Morgan fingerprint density at radius 1 is 1.22 bits per heavy atom. The quantitative estimate of drug-likeness (QED) is 0.845. The van der Waals surface area contributed by atoms with E-state index >= 15 is 0 Å². The molecule has 1 unspecified atom stereocenters. The second-order valence-electron chi connectivity index (χ2n) is 6.08. The standard InChI is InChI=1S/C16H25NS/c1-12(17-11-13-6-2-3-7-13)16-10-14-8-4-5-9-15(14)18-16/h10,12-13,17H,2-9,11H2,1H3. The zero-order valence-corrected chi connectivity index (χ0v) is 12.3. The lowest BCUT2D eigenvalue weighted by Crippen LogP contribution is -2.23. The third kappa shape index (κ3) is 2.80. The minimum Gasteiger partial charge on any atom is -0.309 e. The fraction of sp³-hybridized carbons (Fsp3) is 0.750. The molecule has 2 aliphatic rings. The summed E-state index contributed by atoms with van der Waals surface area (Å²) in [6, 6.07) is 3.03. The van der Waals surface area contributed by atoms with Gasteiger partial charge in [0.1, 0.15) is 0 Å². The second-order valence-corrected chi connectivity index (χ2v) is 7.25. The number of nitrogens with one attached hydrogen (secondary N) is 1. The van der Waals surface area contributed by atoms with Crippen LogP contribution in [-0.4, -0.2) is 6.54 Å². The average molecular weight is 263 g/mol. The van der Waals surface area contributed by atoms with Gasteiger partial charge < -0.3 is 5.32 Å². The number of thiophene rings is 1. The first-order valence-corrected chi connectivity index (χ1v) is 8.49. The lowest BCUT2D eigenvalue weighted by Gasteiger charge is -2.15. The summed E-state index contributed by atoms with van der Waals surface area (Å²) in [4.78, 5) is 3.24. The van der Waals surface area contributed by atoms with Crippen molar-refractivity contribution >= 4 is 11.3 Å². The molecule has 2 aliphatic carbocycles. The van der Waals surface area contributed by atoms with Crippen LogP contribution in [0.3, 0.4) is 0 Å². The molecule has 0 aromatic carbocycles. The third-order valence-corrected chi connectivity index (χ3v) is 6.05. The summed E-state index contributed by atoms with van der Waals surface area (Å²) in [5.74, 6) is 0.946. The van der Waals surface area contributed by atoms with Crippen LogP contribution in [0.2, 0.25) is 0 Å². The molecule has 0 bridgehead atoms. The fourth-order valence-electron chi connectivity index (χ4n) is 3.39. The van der Waals surface area contributed by atoms with Crippen molar-refractivity contribution in [3.8, 4) is 0 Å². The Labute approximate surface area is 115 Å². The van der Waals surface area contributed by atoms with Crippen molar-refractivity contribution in [2.45, 2.75) is 64.3 Å². The van der Waals surface area contributed by atoms with Gasteiger partial charge in [0.2, 0.25) is 0 Å². The Bertz CT molecular complexity index is 366. The zero-order valence-electron chi connectivity index (χ0n) is 11.5. The molecule has 18 heavy (non-hydrogen) atoms. The average Bonchev–Trinajstić information content (AvgIpc) is 3.04. The van der Waals surface area contributed by atoms with Crippen LogP contribution >= 0.6 is 11.3 Å². The SMILES string of the molecule is CC(NCC1CCCC1)c1cc2c(s1)CCCC2. The van der Waals surface area contributed by atoms with Crippen LogP contribution in [0.5, 0.6) is 0 Å². The monoisotopic (exact) mass is 263 g/mol. The van der Waals surface area contributed by atoms with Gasteiger partial charge in [-0.25, -0.2) is 0 Å². The maximum Gasteiger partial charge on any atom is 0.0386 e. The highest BCUT2D eigenvalue weighted by Gasteiger charge is 2.19. The van der Waals surface area contributed by atoms with Gasteiger partial charge in [0.15, 0.2) is 0 Å². The van der Waals surface area contributed by atoms with Gasteiger partial charge in [0.25, 0.3) is 0 Å². The summed E-state index contributed by atoms with van der Waals surface area (Å²) in [6.07, 6.45) is 11.2. The largest absolute Gasteiger partial charge is 0.309 e.